The van der Waals surface area contributed by atoms with Crippen molar-refractivity contribution in [1.82, 2.24) is 0 Å². The van der Waals surface area contributed by atoms with Crippen LogP contribution in [0.25, 0.3) is 10.8 Å². The third-order valence-electron chi connectivity index (χ3n) is 6.70. The van der Waals surface area contributed by atoms with Crippen molar-refractivity contribution in [3.63, 3.8) is 0 Å². The Morgan fingerprint density at radius 2 is 1.50 bits per heavy atom. The first-order valence-corrected chi connectivity index (χ1v) is 14.1. The van der Waals surface area contributed by atoms with Gasteiger partial charge >= 0.3 is 5.97 Å². The highest BCUT2D eigenvalue weighted by Crippen LogP contribution is 2.43. The lowest BCUT2D eigenvalue weighted by Crippen LogP contribution is -2.49. The van der Waals surface area contributed by atoms with Gasteiger partial charge in [-0.15, -0.1) is 0 Å². The van der Waals surface area contributed by atoms with Crippen LogP contribution in [0.3, 0.4) is 0 Å². The Morgan fingerprint density at radius 3 is 2.00 bits per heavy atom. The summed E-state index contributed by atoms with van der Waals surface area (Å²) in [6.07, 6.45) is -0.405. The minimum absolute atomic E-state index is 0.0647. The molecule has 0 radical (unpaired) electrons. The molecular weight excluding hydrogens is 450 g/mol. The smallest absolute Gasteiger partial charge is 0.316 e. The Kier molecular flexibility index (Phi) is 9.38. The minimum atomic E-state index is -2.56. The largest absolute Gasteiger partial charge is 0.518 e. The van der Waals surface area contributed by atoms with E-state index in [0.717, 1.165) is 10.8 Å². The maximum Gasteiger partial charge on any atom is 0.316 e. The molecule has 0 aliphatic heterocycles. The van der Waals surface area contributed by atoms with Crippen LogP contribution >= 0.6 is 0 Å². The Hall–Kier alpha value is -2.74. The molecule has 0 aromatic heterocycles. The molecule has 2 atom stereocenters. The van der Waals surface area contributed by atoms with Crippen molar-refractivity contribution in [3.8, 4) is 0 Å². The van der Waals surface area contributed by atoms with Gasteiger partial charge in [-0.25, -0.2) is 0 Å². The van der Waals surface area contributed by atoms with Gasteiger partial charge in [0.05, 0.1) is 13.0 Å². The van der Waals surface area contributed by atoms with Crippen LogP contribution in [0, 0.1) is 16.0 Å². The molecule has 2 aromatic rings. The number of benzene rings is 2. The monoisotopic (exact) mass is 487 g/mol. The summed E-state index contributed by atoms with van der Waals surface area (Å²) >= 11 is 0. The number of nitrogens with zero attached hydrogens (tertiary/aromatic N) is 1. The van der Waals surface area contributed by atoms with E-state index < -0.39 is 43.6 Å². The average molecular weight is 488 g/mol. The molecule has 0 aliphatic rings. The van der Waals surface area contributed by atoms with Gasteiger partial charge < -0.3 is 9.16 Å². The zero-order valence-corrected chi connectivity index (χ0v) is 22.2. The molecule has 0 amide bonds. The summed E-state index contributed by atoms with van der Waals surface area (Å²) in [6, 6.07) is 11.2. The number of esters is 1. The predicted molar refractivity (Wildman–Crippen MR) is 136 cm³/mol. The first-order chi connectivity index (χ1) is 15.9. The third-order valence-corrected chi connectivity index (χ3v) is 12.7. The van der Waals surface area contributed by atoms with Gasteiger partial charge in [0.1, 0.15) is 5.92 Å². The highest BCUT2D eigenvalue weighted by atomic mass is 28.4. The summed E-state index contributed by atoms with van der Waals surface area (Å²) in [5.74, 6) is -2.63. The number of fused-ring (bicyclic) bond motifs is 1. The molecule has 0 aliphatic carbocycles. The van der Waals surface area contributed by atoms with Crippen LogP contribution in [0.4, 0.5) is 0 Å². The van der Waals surface area contributed by atoms with Gasteiger partial charge in [0.25, 0.3) is 20.3 Å². The standard InChI is InChI=1S/C26H37NO6Si/c1-8-32-26(29)23(16-24(28)33-34(17(2)3,18(4)5)19(6)7)25(27(30)31)22-14-13-20-11-9-10-12-21(20)15-22/h9-15,17-19,23,25H,8,16H2,1-7H3/t23-,25-/m0/s1. The summed E-state index contributed by atoms with van der Waals surface area (Å²) in [5.41, 5.74) is 0.826. The molecule has 2 aromatic carbocycles. The van der Waals surface area contributed by atoms with Gasteiger partial charge in [-0.2, -0.15) is 0 Å². The number of hydrogen-bond acceptors (Lipinski definition) is 6. The van der Waals surface area contributed by atoms with E-state index in [4.69, 9.17) is 9.16 Å². The van der Waals surface area contributed by atoms with Crippen molar-refractivity contribution in [3.05, 3.63) is 58.1 Å². The maximum atomic E-state index is 13.2. The molecule has 34 heavy (non-hydrogen) atoms. The number of nitro groups is 1. The van der Waals surface area contributed by atoms with E-state index in [1.54, 1.807) is 25.1 Å². The fraction of sp³-hybridized carbons (Fsp3) is 0.538. The van der Waals surface area contributed by atoms with Gasteiger partial charge in [-0.1, -0.05) is 77.9 Å². The van der Waals surface area contributed by atoms with Crippen LogP contribution in [0.2, 0.25) is 16.6 Å². The second kappa shape index (κ2) is 11.6. The molecule has 0 bridgehead atoms. The molecule has 0 heterocycles. The lowest BCUT2D eigenvalue weighted by Gasteiger charge is -2.41. The molecular formula is C26H37NO6Si. The Bertz CT molecular complexity index is 997. The van der Waals surface area contributed by atoms with Crippen molar-refractivity contribution in [1.29, 1.82) is 0 Å². The highest BCUT2D eigenvalue weighted by Gasteiger charge is 2.49. The molecule has 0 saturated heterocycles. The maximum absolute atomic E-state index is 13.2. The van der Waals surface area contributed by atoms with Crippen LogP contribution in [-0.2, 0) is 18.8 Å². The van der Waals surface area contributed by atoms with Crippen LogP contribution in [-0.4, -0.2) is 31.8 Å². The SMILES string of the molecule is CCOC(=O)[C@@H](CC(=O)O[Si](C(C)C)(C(C)C)C(C)C)[C@H](c1ccc2ccccc2c1)[N+](=O)[O-]. The number of hydrogen-bond donors (Lipinski definition) is 0. The van der Waals surface area contributed by atoms with Crippen molar-refractivity contribution >= 4 is 31.0 Å². The van der Waals surface area contributed by atoms with Crippen molar-refractivity contribution in [2.75, 3.05) is 6.61 Å². The summed E-state index contributed by atoms with van der Waals surface area (Å²) in [5, 5.41) is 14.0. The first kappa shape index (κ1) is 27.5. The summed E-state index contributed by atoms with van der Waals surface area (Å²) < 4.78 is 11.4. The lowest BCUT2D eigenvalue weighted by molar-refractivity contribution is -0.536. The van der Waals surface area contributed by atoms with Crippen molar-refractivity contribution < 1.29 is 23.7 Å². The molecule has 2 rings (SSSR count). The summed E-state index contributed by atoms with van der Waals surface area (Å²) in [7, 11) is -2.56. The van der Waals surface area contributed by atoms with Gasteiger partial charge in [-0.05, 0) is 40.4 Å². The van der Waals surface area contributed by atoms with E-state index in [-0.39, 0.29) is 23.2 Å². The molecule has 186 valence electrons. The summed E-state index contributed by atoms with van der Waals surface area (Å²) in [6.45, 7) is 14.0. The number of carbonyl (C=O) groups is 2. The van der Waals surface area contributed by atoms with E-state index in [1.807, 2.05) is 24.3 Å². The van der Waals surface area contributed by atoms with Crippen molar-refractivity contribution in [2.45, 2.75) is 77.6 Å². The van der Waals surface area contributed by atoms with Gasteiger partial charge in [0, 0.05) is 10.5 Å². The Balaban J connectivity index is 2.47. The third kappa shape index (κ3) is 5.84. The molecule has 0 spiro atoms. The lowest BCUT2D eigenvalue weighted by atomic mass is 9.89. The second-order valence-corrected chi connectivity index (χ2v) is 15.1. The van der Waals surface area contributed by atoms with E-state index in [1.165, 1.54) is 0 Å². The zero-order chi connectivity index (χ0) is 25.6. The molecule has 7 nitrogen and oxygen atoms in total. The van der Waals surface area contributed by atoms with Crippen LogP contribution < -0.4 is 0 Å². The molecule has 0 unspecified atom stereocenters. The number of ether oxygens (including phenoxy) is 1. The van der Waals surface area contributed by atoms with E-state index in [0.29, 0.717) is 5.56 Å². The molecule has 0 saturated carbocycles. The van der Waals surface area contributed by atoms with Gasteiger partial charge in [0.2, 0.25) is 0 Å². The predicted octanol–water partition coefficient (Wildman–Crippen LogP) is 6.45. The fourth-order valence-corrected chi connectivity index (χ4v) is 10.4. The number of carbonyl (C=O) groups excluding carboxylic acids is 2. The van der Waals surface area contributed by atoms with Crippen molar-refractivity contribution in [2.24, 2.45) is 5.92 Å². The molecule has 0 N–H and O–H groups in total. The highest BCUT2D eigenvalue weighted by molar-refractivity contribution is 6.78. The topological polar surface area (TPSA) is 95.7 Å². The molecule has 8 heteroatoms. The first-order valence-electron chi connectivity index (χ1n) is 12.0. The molecule has 0 fully saturated rings. The minimum Gasteiger partial charge on any atom is -0.518 e. The Morgan fingerprint density at radius 1 is 0.941 bits per heavy atom. The normalized spacial score (nSPS) is 13.8. The average Bonchev–Trinajstić information content (AvgIpc) is 2.76. The van der Waals surface area contributed by atoms with Crippen LogP contribution in [0.1, 0.15) is 66.5 Å². The van der Waals surface area contributed by atoms with Crippen LogP contribution in [0.15, 0.2) is 42.5 Å². The zero-order valence-electron chi connectivity index (χ0n) is 21.2. The van der Waals surface area contributed by atoms with Gasteiger partial charge in [0.15, 0.2) is 0 Å². The van der Waals surface area contributed by atoms with Crippen LogP contribution in [0.5, 0.6) is 0 Å². The summed E-state index contributed by atoms with van der Waals surface area (Å²) in [4.78, 5) is 37.9. The van der Waals surface area contributed by atoms with E-state index in [2.05, 4.69) is 41.5 Å². The number of rotatable bonds is 11. The Labute approximate surface area is 203 Å². The quantitative estimate of drug-likeness (QED) is 0.156. The van der Waals surface area contributed by atoms with Gasteiger partial charge in [-0.3, -0.25) is 19.7 Å². The second-order valence-electron chi connectivity index (χ2n) is 9.69. The fourth-order valence-electron chi connectivity index (χ4n) is 5.24. The van der Waals surface area contributed by atoms with E-state index >= 15 is 0 Å². The van der Waals surface area contributed by atoms with E-state index in [9.17, 15) is 19.7 Å².